The van der Waals surface area contributed by atoms with Crippen LogP contribution in [0.3, 0.4) is 0 Å². The third kappa shape index (κ3) is 4.66. The Labute approximate surface area is 129 Å². The summed E-state index contributed by atoms with van der Waals surface area (Å²) >= 11 is 5.89. The zero-order chi connectivity index (χ0) is 15.4. The van der Waals surface area contributed by atoms with E-state index in [0.29, 0.717) is 17.8 Å². The molecule has 116 valence electrons. The van der Waals surface area contributed by atoms with Crippen molar-refractivity contribution in [1.82, 2.24) is 4.90 Å². The first kappa shape index (κ1) is 16.2. The Morgan fingerprint density at radius 3 is 2.71 bits per heavy atom. The van der Waals surface area contributed by atoms with Gasteiger partial charge in [-0.3, -0.25) is 9.69 Å². The van der Waals surface area contributed by atoms with E-state index < -0.39 is 5.82 Å². The number of nitrogens with one attached hydrogen (secondary N) is 1. The van der Waals surface area contributed by atoms with Crippen LogP contribution in [0.2, 0.25) is 5.02 Å². The topological polar surface area (TPSA) is 58.4 Å². The molecule has 0 saturated heterocycles. The summed E-state index contributed by atoms with van der Waals surface area (Å²) < 4.78 is 13.0. The van der Waals surface area contributed by atoms with Gasteiger partial charge in [-0.2, -0.15) is 0 Å². The highest BCUT2D eigenvalue weighted by Gasteiger charge is 2.23. The van der Waals surface area contributed by atoms with Gasteiger partial charge >= 0.3 is 0 Å². The van der Waals surface area contributed by atoms with E-state index in [1.54, 1.807) is 0 Å². The number of carbonyl (C=O) groups excluding carboxylic acids is 1. The lowest BCUT2D eigenvalue weighted by molar-refractivity contribution is -0.117. The molecule has 1 aromatic carbocycles. The summed E-state index contributed by atoms with van der Waals surface area (Å²) in [7, 11) is 1.94. The molecule has 0 aromatic heterocycles. The lowest BCUT2D eigenvalue weighted by atomic mass is 9.91. The van der Waals surface area contributed by atoms with E-state index in [4.69, 9.17) is 17.3 Å². The van der Waals surface area contributed by atoms with Gasteiger partial charge in [0, 0.05) is 12.1 Å². The summed E-state index contributed by atoms with van der Waals surface area (Å²) in [6, 6.07) is 4.60. The van der Waals surface area contributed by atoms with Crippen LogP contribution in [-0.2, 0) is 4.79 Å². The monoisotopic (exact) mass is 313 g/mol. The van der Waals surface area contributed by atoms with Crippen LogP contribution in [0.5, 0.6) is 0 Å². The van der Waals surface area contributed by atoms with E-state index in [-0.39, 0.29) is 17.5 Å². The van der Waals surface area contributed by atoms with Crippen LogP contribution in [0.25, 0.3) is 0 Å². The van der Waals surface area contributed by atoms with Crippen LogP contribution in [0.4, 0.5) is 10.1 Å². The summed E-state index contributed by atoms with van der Waals surface area (Å²) in [6.45, 7) is 0.285. The largest absolute Gasteiger partial charge is 0.328 e. The number of nitrogens with two attached hydrogens (primary N) is 1. The Kier molecular flexibility index (Phi) is 5.56. The first-order valence-corrected chi connectivity index (χ1v) is 7.54. The number of rotatable bonds is 4. The average Bonchev–Trinajstić information content (AvgIpc) is 2.42. The molecule has 21 heavy (non-hydrogen) atoms. The molecule has 1 aromatic rings. The number of carbonyl (C=O) groups is 1. The fourth-order valence-corrected chi connectivity index (χ4v) is 2.89. The number of anilines is 1. The van der Waals surface area contributed by atoms with Gasteiger partial charge in [0.15, 0.2) is 0 Å². The van der Waals surface area contributed by atoms with Crippen molar-refractivity contribution < 1.29 is 9.18 Å². The summed E-state index contributed by atoms with van der Waals surface area (Å²) in [5, 5.41) is 2.92. The Morgan fingerprint density at radius 2 is 2.10 bits per heavy atom. The Bertz CT molecular complexity index is 504. The van der Waals surface area contributed by atoms with Crippen LogP contribution in [0, 0.1) is 5.82 Å². The predicted molar refractivity (Wildman–Crippen MR) is 82.9 cm³/mol. The Balaban J connectivity index is 1.86. The third-order valence-electron chi connectivity index (χ3n) is 3.96. The SMILES string of the molecule is CN(CC(=O)Nc1ccc(F)cc1Cl)C1CCC(N)CC1. The molecule has 1 fully saturated rings. The highest BCUT2D eigenvalue weighted by Crippen LogP contribution is 2.23. The van der Waals surface area contributed by atoms with Gasteiger partial charge in [0.2, 0.25) is 5.91 Å². The van der Waals surface area contributed by atoms with Crippen molar-refractivity contribution >= 4 is 23.2 Å². The number of likely N-dealkylation sites (N-methyl/N-ethyl adjacent to an activating group) is 1. The number of halogens is 2. The summed E-state index contributed by atoms with van der Waals surface area (Å²) in [5.74, 6) is -0.574. The maximum atomic E-state index is 13.0. The third-order valence-corrected chi connectivity index (χ3v) is 4.28. The molecule has 4 nitrogen and oxygen atoms in total. The first-order valence-electron chi connectivity index (χ1n) is 7.16. The smallest absolute Gasteiger partial charge is 0.238 e. The molecule has 0 spiro atoms. The van der Waals surface area contributed by atoms with Crippen LogP contribution >= 0.6 is 11.6 Å². The first-order chi connectivity index (χ1) is 9.95. The van der Waals surface area contributed by atoms with Gasteiger partial charge in [0.25, 0.3) is 0 Å². The average molecular weight is 314 g/mol. The molecule has 1 amide bonds. The van der Waals surface area contributed by atoms with Crippen molar-refractivity contribution in [2.75, 3.05) is 18.9 Å². The normalized spacial score (nSPS) is 22.3. The molecule has 1 saturated carbocycles. The molecule has 0 heterocycles. The minimum Gasteiger partial charge on any atom is -0.328 e. The van der Waals surface area contributed by atoms with Crippen molar-refractivity contribution in [3.63, 3.8) is 0 Å². The quantitative estimate of drug-likeness (QED) is 0.898. The fraction of sp³-hybridized carbons (Fsp3) is 0.533. The summed E-state index contributed by atoms with van der Waals surface area (Å²) in [4.78, 5) is 14.1. The van der Waals surface area contributed by atoms with E-state index in [9.17, 15) is 9.18 Å². The minimum atomic E-state index is -0.423. The summed E-state index contributed by atoms with van der Waals surface area (Å²) in [5.41, 5.74) is 6.32. The lowest BCUT2D eigenvalue weighted by Crippen LogP contribution is -2.42. The van der Waals surface area contributed by atoms with Gasteiger partial charge in [-0.15, -0.1) is 0 Å². The van der Waals surface area contributed by atoms with Crippen molar-refractivity contribution in [3.05, 3.63) is 29.0 Å². The molecule has 0 radical (unpaired) electrons. The molecule has 2 rings (SSSR count). The zero-order valence-electron chi connectivity index (χ0n) is 12.1. The zero-order valence-corrected chi connectivity index (χ0v) is 12.9. The van der Waals surface area contributed by atoms with Crippen LogP contribution < -0.4 is 11.1 Å². The fourth-order valence-electron chi connectivity index (χ4n) is 2.68. The lowest BCUT2D eigenvalue weighted by Gasteiger charge is -2.33. The maximum absolute atomic E-state index is 13.0. The van der Waals surface area contributed by atoms with Gasteiger partial charge in [-0.25, -0.2) is 4.39 Å². The minimum absolute atomic E-state index is 0.152. The van der Waals surface area contributed by atoms with Crippen LogP contribution in [-0.4, -0.2) is 36.5 Å². The van der Waals surface area contributed by atoms with E-state index in [2.05, 4.69) is 5.32 Å². The van der Waals surface area contributed by atoms with Gasteiger partial charge in [0.05, 0.1) is 17.3 Å². The van der Waals surface area contributed by atoms with Crippen molar-refractivity contribution in [1.29, 1.82) is 0 Å². The van der Waals surface area contributed by atoms with Gasteiger partial charge in [-0.1, -0.05) is 11.6 Å². The number of benzene rings is 1. The molecule has 0 atom stereocenters. The van der Waals surface area contributed by atoms with Crippen molar-refractivity contribution in [2.24, 2.45) is 5.73 Å². The van der Waals surface area contributed by atoms with Gasteiger partial charge in [0.1, 0.15) is 5.82 Å². The number of amides is 1. The molecule has 1 aliphatic carbocycles. The molecule has 0 unspecified atom stereocenters. The van der Waals surface area contributed by atoms with Crippen LogP contribution in [0.1, 0.15) is 25.7 Å². The molecule has 3 N–H and O–H groups in total. The number of hydrogen-bond donors (Lipinski definition) is 2. The molecule has 6 heteroatoms. The van der Waals surface area contributed by atoms with E-state index >= 15 is 0 Å². The number of nitrogens with zero attached hydrogens (tertiary/aromatic N) is 1. The maximum Gasteiger partial charge on any atom is 0.238 e. The van der Waals surface area contributed by atoms with E-state index in [1.165, 1.54) is 18.2 Å². The van der Waals surface area contributed by atoms with E-state index in [0.717, 1.165) is 25.7 Å². The highest BCUT2D eigenvalue weighted by molar-refractivity contribution is 6.33. The van der Waals surface area contributed by atoms with Gasteiger partial charge < -0.3 is 11.1 Å². The Morgan fingerprint density at radius 1 is 1.43 bits per heavy atom. The second kappa shape index (κ2) is 7.20. The van der Waals surface area contributed by atoms with E-state index in [1.807, 2.05) is 11.9 Å². The van der Waals surface area contributed by atoms with Crippen molar-refractivity contribution in [2.45, 2.75) is 37.8 Å². The predicted octanol–water partition coefficient (Wildman–Crippen LogP) is 2.62. The van der Waals surface area contributed by atoms with Gasteiger partial charge in [-0.05, 0) is 50.9 Å². The molecular formula is C15H21ClFN3O. The highest BCUT2D eigenvalue weighted by atomic mass is 35.5. The second-order valence-corrected chi connectivity index (χ2v) is 6.06. The van der Waals surface area contributed by atoms with Crippen molar-refractivity contribution in [3.8, 4) is 0 Å². The second-order valence-electron chi connectivity index (χ2n) is 5.66. The van der Waals surface area contributed by atoms with Crippen LogP contribution in [0.15, 0.2) is 18.2 Å². The molecule has 1 aliphatic rings. The molecular weight excluding hydrogens is 293 g/mol. The Hall–Kier alpha value is -1.17. The number of hydrogen-bond acceptors (Lipinski definition) is 3. The molecule has 0 aliphatic heterocycles. The standard InChI is InChI=1S/C15H21ClFN3O/c1-20(12-5-3-11(18)4-6-12)9-15(21)19-14-7-2-10(17)8-13(14)16/h2,7-8,11-12H,3-6,9,18H2,1H3,(H,19,21). The summed E-state index contributed by atoms with van der Waals surface area (Å²) in [6.07, 6.45) is 4.03. The molecule has 0 bridgehead atoms.